The van der Waals surface area contributed by atoms with Crippen LogP contribution >= 0.6 is 0 Å². The number of ether oxygens (including phenoxy) is 2. The molecule has 4 aliphatic rings. The quantitative estimate of drug-likeness (QED) is 0.439. The first-order valence-corrected chi connectivity index (χ1v) is 16.9. The van der Waals surface area contributed by atoms with Gasteiger partial charge in [-0.1, -0.05) is 0 Å². The Hall–Kier alpha value is -3.89. The summed E-state index contributed by atoms with van der Waals surface area (Å²) < 4.78 is 12.0. The second-order valence-corrected chi connectivity index (χ2v) is 13.3. The molecular weight excluding hydrogens is 580 g/mol. The molecule has 1 aromatic carbocycles. The number of likely N-dealkylation sites (N-methyl/N-ethyl adjacent to an activating group) is 1. The van der Waals surface area contributed by atoms with Gasteiger partial charge in [-0.15, -0.1) is 0 Å². The largest absolute Gasteiger partial charge is 0.489 e. The molecule has 1 aliphatic carbocycles. The number of piperazine rings is 1. The Morgan fingerprint density at radius 1 is 1.00 bits per heavy atom. The molecule has 5 heterocycles. The molecule has 2 aromatic heterocycles. The zero-order chi connectivity index (χ0) is 31.8. The third kappa shape index (κ3) is 6.00. The second kappa shape index (κ2) is 13.1. The number of hydrogen-bond donors (Lipinski definition) is 1. The van der Waals surface area contributed by atoms with E-state index >= 15 is 0 Å². The van der Waals surface area contributed by atoms with Gasteiger partial charge in [0.25, 0.3) is 11.5 Å². The smallest absolute Gasteiger partial charge is 0.257 e. The molecule has 1 amide bonds. The number of carbonyl (C=O) groups is 1. The maximum Gasteiger partial charge on any atom is 0.257 e. The first-order chi connectivity index (χ1) is 22.4. The summed E-state index contributed by atoms with van der Waals surface area (Å²) >= 11 is 0. The minimum Gasteiger partial charge on any atom is -0.489 e. The van der Waals surface area contributed by atoms with Gasteiger partial charge in [-0.2, -0.15) is 0 Å². The van der Waals surface area contributed by atoms with Crippen molar-refractivity contribution in [2.45, 2.75) is 58.0 Å². The number of pyridine rings is 2. The number of H-pyrrole nitrogens is 1. The number of hydrogen-bond acceptors (Lipinski definition) is 8. The summed E-state index contributed by atoms with van der Waals surface area (Å²) in [6.07, 6.45) is 7.84. The highest BCUT2D eigenvalue weighted by Gasteiger charge is 2.32. The number of aromatic amines is 1. The van der Waals surface area contributed by atoms with Gasteiger partial charge in [0.05, 0.1) is 24.3 Å². The number of nitrogens with zero attached hydrogens (tertiary/aromatic N) is 5. The van der Waals surface area contributed by atoms with E-state index in [2.05, 4.69) is 44.9 Å². The average Bonchev–Trinajstić information content (AvgIpc) is 3.09. The summed E-state index contributed by atoms with van der Waals surface area (Å²) in [5.74, 6) is 1.45. The lowest BCUT2D eigenvalue weighted by molar-refractivity contribution is 0.0774. The van der Waals surface area contributed by atoms with Crippen LogP contribution < -0.4 is 20.1 Å². The Balaban J connectivity index is 1.24. The third-order valence-corrected chi connectivity index (χ3v) is 10.3. The molecule has 2 fully saturated rings. The molecule has 10 heteroatoms. The zero-order valence-electron chi connectivity index (χ0n) is 27.4. The minimum atomic E-state index is -0.154. The van der Waals surface area contributed by atoms with Gasteiger partial charge in [0.2, 0.25) is 0 Å². The number of aromatic nitrogens is 2. The number of anilines is 2. The van der Waals surface area contributed by atoms with Crippen molar-refractivity contribution in [1.82, 2.24) is 19.8 Å². The van der Waals surface area contributed by atoms with Crippen molar-refractivity contribution in [1.29, 1.82) is 0 Å². The maximum atomic E-state index is 14.4. The van der Waals surface area contributed by atoms with E-state index in [4.69, 9.17) is 14.5 Å². The van der Waals surface area contributed by atoms with E-state index in [1.54, 1.807) is 11.9 Å². The molecule has 0 spiro atoms. The number of aryl methyl sites for hydroxylation is 1. The molecule has 3 aliphatic heterocycles. The standard InChI is InChI=1S/C36H46N6O4/c1-24-28-6-4-5-7-29(28)31(35(43)38-24)23-40(3)36(44)30-20-26(25-8-9-33(37-22-25)41-14-12-39(2)13-15-41)21-32-34(30)46-19-16-42(32)27-10-17-45-18-11-27/h8-9,20-22,27H,4-7,10-19,23H2,1-3H3,(H,38,43). The van der Waals surface area contributed by atoms with E-state index in [9.17, 15) is 9.59 Å². The van der Waals surface area contributed by atoms with Crippen LogP contribution in [-0.2, 0) is 24.1 Å². The van der Waals surface area contributed by atoms with E-state index in [-0.39, 0.29) is 18.0 Å². The van der Waals surface area contributed by atoms with Crippen LogP contribution in [0.1, 0.15) is 58.4 Å². The van der Waals surface area contributed by atoms with Crippen LogP contribution in [0.2, 0.25) is 0 Å². The summed E-state index contributed by atoms with van der Waals surface area (Å²) in [7, 11) is 3.95. The Bertz CT molecular complexity index is 1640. The van der Waals surface area contributed by atoms with Crippen molar-refractivity contribution in [3.8, 4) is 16.9 Å². The Kier molecular flexibility index (Phi) is 8.74. The number of carbonyl (C=O) groups excluding carboxylic acids is 1. The first kappa shape index (κ1) is 30.7. The first-order valence-electron chi connectivity index (χ1n) is 16.9. The molecule has 0 radical (unpaired) electrons. The normalized spacial score (nSPS) is 18.9. The highest BCUT2D eigenvalue weighted by molar-refractivity contribution is 6.01. The number of amides is 1. The minimum absolute atomic E-state index is 0.0953. The molecule has 0 unspecified atom stereocenters. The predicted molar refractivity (Wildman–Crippen MR) is 180 cm³/mol. The van der Waals surface area contributed by atoms with Gasteiger partial charge < -0.3 is 34.1 Å². The lowest BCUT2D eigenvalue weighted by atomic mass is 9.88. The molecule has 2 saturated heterocycles. The number of nitrogens with one attached hydrogen (secondary N) is 1. The molecule has 10 nitrogen and oxygen atoms in total. The average molecular weight is 627 g/mol. The summed E-state index contributed by atoms with van der Waals surface area (Å²) in [5, 5.41) is 0. The van der Waals surface area contributed by atoms with Gasteiger partial charge in [-0.05, 0) is 93.5 Å². The fourth-order valence-electron chi connectivity index (χ4n) is 7.62. The molecule has 1 N–H and O–H groups in total. The highest BCUT2D eigenvalue weighted by Crippen LogP contribution is 2.42. The Labute approximate surface area is 271 Å². The molecule has 0 atom stereocenters. The number of benzene rings is 1. The van der Waals surface area contributed by atoms with Crippen LogP contribution in [0.4, 0.5) is 11.5 Å². The lowest BCUT2D eigenvalue weighted by Gasteiger charge is -2.40. The SMILES string of the molecule is Cc1[nH]c(=O)c(CN(C)C(=O)c2cc(-c3ccc(N4CCN(C)CC4)nc3)cc3c2OCCN3C2CCOCC2)c2c1CCCC2. The molecule has 7 rings (SSSR count). The van der Waals surface area contributed by atoms with Crippen molar-refractivity contribution < 1.29 is 14.3 Å². The Morgan fingerprint density at radius 2 is 1.76 bits per heavy atom. The molecule has 46 heavy (non-hydrogen) atoms. The van der Waals surface area contributed by atoms with Crippen molar-refractivity contribution in [2.24, 2.45) is 0 Å². The zero-order valence-corrected chi connectivity index (χ0v) is 27.4. The monoisotopic (exact) mass is 626 g/mol. The summed E-state index contributed by atoms with van der Waals surface area (Å²) in [6.45, 7) is 8.93. The summed E-state index contributed by atoms with van der Waals surface area (Å²) in [4.78, 5) is 44.3. The molecular formula is C36H46N6O4. The van der Waals surface area contributed by atoms with Crippen molar-refractivity contribution in [2.75, 3.05) is 76.4 Å². The van der Waals surface area contributed by atoms with E-state index < -0.39 is 0 Å². The van der Waals surface area contributed by atoms with Crippen LogP contribution in [0.3, 0.4) is 0 Å². The van der Waals surface area contributed by atoms with Crippen molar-refractivity contribution >= 4 is 17.4 Å². The second-order valence-electron chi connectivity index (χ2n) is 13.3. The molecule has 3 aromatic rings. The lowest BCUT2D eigenvalue weighted by Crippen LogP contribution is -2.44. The third-order valence-electron chi connectivity index (χ3n) is 10.3. The summed E-state index contributed by atoms with van der Waals surface area (Å²) in [6, 6.07) is 8.64. The van der Waals surface area contributed by atoms with Gasteiger partial charge in [-0.3, -0.25) is 9.59 Å². The van der Waals surface area contributed by atoms with Gasteiger partial charge in [-0.25, -0.2) is 4.98 Å². The van der Waals surface area contributed by atoms with Crippen LogP contribution in [0.5, 0.6) is 5.75 Å². The topological polar surface area (TPSA) is 94.2 Å². The number of fused-ring (bicyclic) bond motifs is 2. The molecule has 244 valence electrons. The van der Waals surface area contributed by atoms with Crippen LogP contribution in [0.25, 0.3) is 11.1 Å². The van der Waals surface area contributed by atoms with Crippen molar-refractivity contribution in [3.05, 3.63) is 68.8 Å². The molecule has 0 saturated carbocycles. The van der Waals surface area contributed by atoms with E-state index in [0.29, 0.717) is 29.5 Å². The number of rotatable bonds is 6. The highest BCUT2D eigenvalue weighted by atomic mass is 16.5. The predicted octanol–water partition coefficient (Wildman–Crippen LogP) is 4.03. The maximum absolute atomic E-state index is 14.4. The fraction of sp³-hybridized carbons (Fsp3) is 0.528. The van der Waals surface area contributed by atoms with Crippen molar-refractivity contribution in [3.63, 3.8) is 0 Å². The van der Waals surface area contributed by atoms with Gasteiger partial charge in [0.1, 0.15) is 12.4 Å². The summed E-state index contributed by atoms with van der Waals surface area (Å²) in [5.41, 5.74) is 7.28. The van der Waals surface area contributed by atoms with Crippen LogP contribution in [0, 0.1) is 6.92 Å². The van der Waals surface area contributed by atoms with Crippen LogP contribution in [-0.4, -0.2) is 98.4 Å². The van der Waals surface area contributed by atoms with E-state index in [1.807, 2.05) is 19.2 Å². The van der Waals surface area contributed by atoms with Gasteiger partial charge in [0.15, 0.2) is 5.75 Å². The molecule has 0 bridgehead atoms. The van der Waals surface area contributed by atoms with E-state index in [1.165, 1.54) is 5.56 Å². The van der Waals surface area contributed by atoms with Gasteiger partial charge >= 0.3 is 0 Å². The van der Waals surface area contributed by atoms with Gasteiger partial charge in [0, 0.05) is 75.5 Å². The fourth-order valence-corrected chi connectivity index (χ4v) is 7.62. The van der Waals surface area contributed by atoms with Crippen LogP contribution in [0.15, 0.2) is 35.3 Å². The van der Waals surface area contributed by atoms with E-state index in [0.717, 1.165) is 118 Å². The Morgan fingerprint density at radius 3 is 2.50 bits per heavy atom.